The predicted octanol–water partition coefficient (Wildman–Crippen LogP) is 4.73. The number of anilines is 2. The second-order valence-corrected chi connectivity index (χ2v) is 10.3. The van der Waals surface area contributed by atoms with Gasteiger partial charge in [0.2, 0.25) is 0 Å². The Labute approximate surface area is 191 Å². The molecule has 164 valence electrons. The third-order valence-electron chi connectivity index (χ3n) is 4.56. The van der Waals surface area contributed by atoms with Crippen molar-refractivity contribution >= 4 is 61.3 Å². The molecule has 4 rings (SSSR count). The van der Waals surface area contributed by atoms with E-state index in [4.69, 9.17) is 16.0 Å². The zero-order chi connectivity index (χ0) is 22.9. The Morgan fingerprint density at radius 2 is 1.75 bits per heavy atom. The van der Waals surface area contributed by atoms with Crippen molar-refractivity contribution in [3.63, 3.8) is 0 Å². The summed E-state index contributed by atoms with van der Waals surface area (Å²) in [6.07, 6.45) is 1.39. The molecule has 0 saturated heterocycles. The number of sulfonamides is 1. The van der Waals surface area contributed by atoms with Gasteiger partial charge in [-0.2, -0.15) is 0 Å². The van der Waals surface area contributed by atoms with Gasteiger partial charge in [-0.3, -0.25) is 4.79 Å². The van der Waals surface area contributed by atoms with Crippen molar-refractivity contribution in [1.82, 2.24) is 4.72 Å². The number of halogens is 1. The number of urea groups is 1. The van der Waals surface area contributed by atoms with Crippen LogP contribution in [0.2, 0.25) is 4.34 Å². The van der Waals surface area contributed by atoms with E-state index < -0.39 is 16.1 Å². The summed E-state index contributed by atoms with van der Waals surface area (Å²) >= 11 is 6.59. The third-order valence-corrected chi connectivity index (χ3v) is 7.61. The predicted molar refractivity (Wildman–Crippen MR) is 126 cm³/mol. The molecule has 0 spiro atoms. The SMILES string of the molecule is CNc1ccc2c(=O)c(-c3ccc(NC(=O)NS(=O)(=O)c4ccc(Cl)s4)cc3)coc2c1. The Bertz CT molecular complexity index is 1480. The van der Waals surface area contributed by atoms with Gasteiger partial charge in [0.25, 0.3) is 10.0 Å². The van der Waals surface area contributed by atoms with E-state index in [1.165, 1.54) is 18.4 Å². The van der Waals surface area contributed by atoms with Gasteiger partial charge in [-0.05, 0) is 42.0 Å². The number of amides is 2. The molecule has 2 aromatic heterocycles. The lowest BCUT2D eigenvalue weighted by Gasteiger charge is -2.09. The first kappa shape index (κ1) is 21.9. The summed E-state index contributed by atoms with van der Waals surface area (Å²) in [5.74, 6) is 0. The topological polar surface area (TPSA) is 118 Å². The fourth-order valence-corrected chi connectivity index (χ4v) is 5.38. The van der Waals surface area contributed by atoms with Crippen LogP contribution in [0.3, 0.4) is 0 Å². The molecule has 0 aliphatic heterocycles. The van der Waals surface area contributed by atoms with Crippen molar-refractivity contribution in [1.29, 1.82) is 0 Å². The number of rotatable bonds is 5. The molecule has 0 aliphatic rings. The zero-order valence-corrected chi connectivity index (χ0v) is 18.9. The normalized spacial score (nSPS) is 11.3. The molecule has 8 nitrogen and oxygen atoms in total. The van der Waals surface area contributed by atoms with Crippen molar-refractivity contribution < 1.29 is 17.6 Å². The standard InChI is InChI=1S/C21H16ClN3O5S2/c1-23-14-6-7-15-17(10-14)30-11-16(20(15)26)12-2-4-13(5-3-12)24-21(27)25-32(28,29)19-9-8-18(22)31-19/h2-11,23H,1H3,(H2,24,25,27). The summed E-state index contributed by atoms with van der Waals surface area (Å²) in [4.78, 5) is 25.0. The second kappa shape index (κ2) is 8.65. The molecule has 0 aliphatic carbocycles. The second-order valence-electron chi connectivity index (χ2n) is 6.63. The summed E-state index contributed by atoms with van der Waals surface area (Å²) in [7, 11) is -2.25. The van der Waals surface area contributed by atoms with Crippen LogP contribution in [0.1, 0.15) is 0 Å². The van der Waals surface area contributed by atoms with Gasteiger partial charge in [-0.25, -0.2) is 17.9 Å². The van der Waals surface area contributed by atoms with Crippen molar-refractivity contribution in [3.8, 4) is 11.1 Å². The highest BCUT2D eigenvalue weighted by molar-refractivity contribution is 7.92. The molecule has 2 amide bonds. The van der Waals surface area contributed by atoms with Crippen molar-refractivity contribution in [2.24, 2.45) is 0 Å². The number of hydrogen-bond acceptors (Lipinski definition) is 7. The van der Waals surface area contributed by atoms with Crippen molar-refractivity contribution in [2.75, 3.05) is 17.7 Å². The zero-order valence-electron chi connectivity index (χ0n) is 16.5. The van der Waals surface area contributed by atoms with E-state index in [-0.39, 0.29) is 9.64 Å². The lowest BCUT2D eigenvalue weighted by Crippen LogP contribution is -2.33. The number of fused-ring (bicyclic) bond motifs is 1. The van der Waals surface area contributed by atoms with Gasteiger partial charge in [0.15, 0.2) is 5.43 Å². The molecule has 0 bridgehead atoms. The first-order chi connectivity index (χ1) is 15.3. The largest absolute Gasteiger partial charge is 0.463 e. The maximum absolute atomic E-state index is 12.8. The summed E-state index contributed by atoms with van der Waals surface area (Å²) in [6, 6.07) is 13.4. The highest BCUT2D eigenvalue weighted by Crippen LogP contribution is 2.26. The Morgan fingerprint density at radius 1 is 1.03 bits per heavy atom. The molecule has 0 unspecified atom stereocenters. The van der Waals surface area contributed by atoms with Crippen LogP contribution in [0, 0.1) is 0 Å². The van der Waals surface area contributed by atoms with Crippen LogP contribution in [0.25, 0.3) is 22.1 Å². The fourth-order valence-electron chi connectivity index (χ4n) is 2.99. The highest BCUT2D eigenvalue weighted by atomic mass is 35.5. The minimum absolute atomic E-state index is 0.0714. The van der Waals surface area contributed by atoms with Gasteiger partial charge in [0.1, 0.15) is 16.1 Å². The van der Waals surface area contributed by atoms with Crippen molar-refractivity contribution in [2.45, 2.75) is 4.21 Å². The van der Waals surface area contributed by atoms with Gasteiger partial charge in [0.05, 0.1) is 15.3 Å². The number of nitrogens with one attached hydrogen (secondary N) is 3. The first-order valence-electron chi connectivity index (χ1n) is 9.20. The summed E-state index contributed by atoms with van der Waals surface area (Å²) in [5, 5.41) is 5.88. The van der Waals surface area contributed by atoms with Gasteiger partial charge < -0.3 is 15.1 Å². The molecule has 0 saturated carbocycles. The van der Waals surface area contributed by atoms with Gasteiger partial charge in [-0.15, -0.1) is 11.3 Å². The lowest BCUT2D eigenvalue weighted by atomic mass is 10.0. The molecule has 2 heterocycles. The van der Waals surface area contributed by atoms with Crippen LogP contribution < -0.4 is 20.8 Å². The van der Waals surface area contributed by atoms with E-state index in [1.54, 1.807) is 49.5 Å². The summed E-state index contributed by atoms with van der Waals surface area (Å²) in [6.45, 7) is 0. The fraction of sp³-hybridized carbons (Fsp3) is 0.0476. The molecule has 32 heavy (non-hydrogen) atoms. The molecular formula is C21H16ClN3O5S2. The van der Waals surface area contributed by atoms with Crippen molar-refractivity contribution in [3.05, 3.63) is 75.4 Å². The van der Waals surface area contributed by atoms with E-state index in [2.05, 4.69) is 10.6 Å². The maximum Gasteiger partial charge on any atom is 0.333 e. The van der Waals surface area contributed by atoms with E-state index in [1.807, 2.05) is 4.72 Å². The minimum Gasteiger partial charge on any atom is -0.463 e. The molecule has 0 radical (unpaired) electrons. The molecule has 3 N–H and O–H groups in total. The maximum atomic E-state index is 12.8. The average molecular weight is 490 g/mol. The number of hydrogen-bond donors (Lipinski definition) is 3. The van der Waals surface area contributed by atoms with Gasteiger partial charge >= 0.3 is 6.03 Å². The molecule has 11 heteroatoms. The van der Waals surface area contributed by atoms with E-state index >= 15 is 0 Å². The highest BCUT2D eigenvalue weighted by Gasteiger charge is 2.20. The molecule has 2 aromatic carbocycles. The van der Waals surface area contributed by atoms with Crippen LogP contribution in [-0.2, 0) is 10.0 Å². The Morgan fingerprint density at radius 3 is 2.41 bits per heavy atom. The lowest BCUT2D eigenvalue weighted by molar-refractivity contribution is 0.256. The smallest absolute Gasteiger partial charge is 0.333 e. The number of thiophene rings is 1. The molecule has 0 atom stereocenters. The third kappa shape index (κ3) is 4.47. The number of benzene rings is 2. The molecule has 4 aromatic rings. The number of carbonyl (C=O) groups is 1. The van der Waals surface area contributed by atoms with E-state index in [0.717, 1.165) is 17.0 Å². The molecular weight excluding hydrogens is 474 g/mol. The Hall–Kier alpha value is -3.34. The van der Waals surface area contributed by atoms with E-state index in [0.29, 0.717) is 32.1 Å². The van der Waals surface area contributed by atoms with Crippen LogP contribution in [0.15, 0.2) is 74.3 Å². The summed E-state index contributed by atoms with van der Waals surface area (Å²) < 4.78 is 32.2. The quantitative estimate of drug-likeness (QED) is 0.373. The monoisotopic (exact) mass is 489 g/mol. The van der Waals surface area contributed by atoms with Crippen LogP contribution in [-0.4, -0.2) is 21.5 Å². The first-order valence-corrected chi connectivity index (χ1v) is 11.9. The average Bonchev–Trinajstić information content (AvgIpc) is 3.21. The van der Waals surface area contributed by atoms with Gasteiger partial charge in [-0.1, -0.05) is 23.7 Å². The minimum atomic E-state index is -4.03. The van der Waals surface area contributed by atoms with Gasteiger partial charge in [0, 0.05) is 24.5 Å². The van der Waals surface area contributed by atoms with E-state index in [9.17, 15) is 18.0 Å². The van der Waals surface area contributed by atoms with Crippen LogP contribution >= 0.6 is 22.9 Å². The summed E-state index contributed by atoms with van der Waals surface area (Å²) in [5.41, 5.74) is 2.40. The Kier molecular flexibility index (Phi) is 5.92. The Balaban J connectivity index is 1.51. The molecule has 0 fully saturated rings. The van der Waals surface area contributed by atoms with Crippen LogP contribution in [0.5, 0.6) is 0 Å². The number of carbonyl (C=O) groups excluding carboxylic acids is 1. The van der Waals surface area contributed by atoms with Crippen LogP contribution in [0.4, 0.5) is 16.2 Å².